The topological polar surface area (TPSA) is 86.8 Å². The number of halogens is 1. The average molecular weight is 482 g/mol. The Morgan fingerprint density at radius 3 is 2.42 bits per heavy atom. The second-order valence-corrected chi connectivity index (χ2v) is 11.1. The van der Waals surface area contributed by atoms with Gasteiger partial charge in [0.05, 0.1) is 16.7 Å². The van der Waals surface area contributed by atoms with Crippen LogP contribution in [0.2, 0.25) is 0 Å². The molecule has 0 aromatic heterocycles. The van der Waals surface area contributed by atoms with Crippen LogP contribution in [0.5, 0.6) is 0 Å². The molecule has 0 bridgehead atoms. The summed E-state index contributed by atoms with van der Waals surface area (Å²) in [5, 5.41) is 3.01. The van der Waals surface area contributed by atoms with Gasteiger partial charge in [0.1, 0.15) is 5.82 Å². The van der Waals surface area contributed by atoms with Crippen LogP contribution in [0.25, 0.3) is 0 Å². The molecule has 0 aliphatic carbocycles. The van der Waals surface area contributed by atoms with Crippen molar-refractivity contribution in [3.8, 4) is 0 Å². The Hall–Kier alpha value is -2.00. The highest BCUT2D eigenvalue weighted by atomic mass is 32.2. The maximum atomic E-state index is 13.2. The molecule has 2 aliphatic heterocycles. The van der Waals surface area contributed by atoms with Gasteiger partial charge in [-0.2, -0.15) is 4.31 Å². The van der Waals surface area contributed by atoms with Gasteiger partial charge in [0.15, 0.2) is 0 Å². The molecule has 2 atom stereocenters. The van der Waals surface area contributed by atoms with Crippen molar-refractivity contribution in [1.82, 2.24) is 14.5 Å². The number of benzene rings is 1. The van der Waals surface area contributed by atoms with Crippen LogP contribution < -0.4 is 5.32 Å². The van der Waals surface area contributed by atoms with Crippen molar-refractivity contribution in [3.05, 3.63) is 30.1 Å². The molecule has 33 heavy (non-hydrogen) atoms. The third-order valence-electron chi connectivity index (χ3n) is 6.62. The van der Waals surface area contributed by atoms with Crippen LogP contribution in [0, 0.1) is 17.7 Å². The SMILES string of the molecule is CCCCCCNC(=O)C1CCCN(C(=O)C2CCCN(S(=O)(=O)c3ccc(F)cc3)C2)C1. The molecule has 0 radical (unpaired) electrons. The summed E-state index contributed by atoms with van der Waals surface area (Å²) >= 11 is 0. The van der Waals surface area contributed by atoms with E-state index in [0.717, 1.165) is 50.7 Å². The van der Waals surface area contributed by atoms with Gasteiger partial charge < -0.3 is 10.2 Å². The van der Waals surface area contributed by atoms with Crippen LogP contribution in [0.3, 0.4) is 0 Å². The number of nitrogens with one attached hydrogen (secondary N) is 1. The largest absolute Gasteiger partial charge is 0.356 e. The minimum atomic E-state index is -3.79. The molecule has 184 valence electrons. The summed E-state index contributed by atoms with van der Waals surface area (Å²) in [5.41, 5.74) is 0. The van der Waals surface area contributed by atoms with Gasteiger partial charge in [0, 0.05) is 32.7 Å². The number of hydrogen-bond donors (Lipinski definition) is 1. The van der Waals surface area contributed by atoms with Crippen molar-refractivity contribution in [2.75, 3.05) is 32.7 Å². The molecule has 1 aromatic rings. The van der Waals surface area contributed by atoms with Crippen molar-refractivity contribution in [2.24, 2.45) is 11.8 Å². The highest BCUT2D eigenvalue weighted by Crippen LogP contribution is 2.27. The third-order valence-corrected chi connectivity index (χ3v) is 8.50. The maximum absolute atomic E-state index is 13.2. The number of rotatable bonds is 9. The van der Waals surface area contributed by atoms with Gasteiger partial charge in [-0.25, -0.2) is 12.8 Å². The lowest BCUT2D eigenvalue weighted by Crippen LogP contribution is -2.51. The normalized spacial score (nSPS) is 22.2. The maximum Gasteiger partial charge on any atom is 0.243 e. The minimum Gasteiger partial charge on any atom is -0.356 e. The summed E-state index contributed by atoms with van der Waals surface area (Å²) in [6.45, 7) is 4.26. The van der Waals surface area contributed by atoms with Crippen molar-refractivity contribution >= 4 is 21.8 Å². The lowest BCUT2D eigenvalue weighted by atomic mass is 9.93. The molecule has 1 aromatic carbocycles. The Labute approximate surface area is 196 Å². The Morgan fingerprint density at radius 2 is 1.70 bits per heavy atom. The second kappa shape index (κ2) is 11.9. The smallest absolute Gasteiger partial charge is 0.243 e. The van der Waals surface area contributed by atoms with Gasteiger partial charge in [0.25, 0.3) is 0 Å². The number of sulfonamides is 1. The summed E-state index contributed by atoms with van der Waals surface area (Å²) in [7, 11) is -3.79. The van der Waals surface area contributed by atoms with Gasteiger partial charge in [-0.05, 0) is 56.4 Å². The molecular formula is C24H36FN3O4S. The van der Waals surface area contributed by atoms with Crippen LogP contribution in [-0.4, -0.2) is 62.2 Å². The Bertz CT molecular complexity index is 907. The first kappa shape index (κ1) is 25.6. The zero-order valence-electron chi connectivity index (χ0n) is 19.5. The van der Waals surface area contributed by atoms with E-state index in [-0.39, 0.29) is 29.2 Å². The van der Waals surface area contributed by atoms with E-state index in [0.29, 0.717) is 39.0 Å². The van der Waals surface area contributed by atoms with Gasteiger partial charge >= 0.3 is 0 Å². The van der Waals surface area contributed by atoms with E-state index < -0.39 is 21.8 Å². The Kier molecular flexibility index (Phi) is 9.26. The molecule has 2 heterocycles. The number of likely N-dealkylation sites (tertiary alicyclic amines) is 1. The van der Waals surface area contributed by atoms with Crippen LogP contribution in [-0.2, 0) is 19.6 Å². The lowest BCUT2D eigenvalue weighted by molar-refractivity contribution is -0.140. The zero-order chi connectivity index (χ0) is 23.8. The first-order chi connectivity index (χ1) is 15.8. The van der Waals surface area contributed by atoms with Gasteiger partial charge in [-0.15, -0.1) is 0 Å². The first-order valence-corrected chi connectivity index (χ1v) is 13.6. The van der Waals surface area contributed by atoms with E-state index in [1.165, 1.54) is 16.4 Å². The number of unbranched alkanes of at least 4 members (excludes halogenated alkanes) is 3. The van der Waals surface area contributed by atoms with Crippen molar-refractivity contribution in [2.45, 2.75) is 63.2 Å². The molecule has 0 saturated carbocycles. The number of amides is 2. The van der Waals surface area contributed by atoms with Crippen molar-refractivity contribution < 1.29 is 22.4 Å². The summed E-state index contributed by atoms with van der Waals surface area (Å²) in [6.07, 6.45) is 7.13. The second-order valence-electron chi connectivity index (χ2n) is 9.13. The Balaban J connectivity index is 1.56. The molecular weight excluding hydrogens is 445 g/mol. The van der Waals surface area contributed by atoms with Crippen LogP contribution in [0.4, 0.5) is 4.39 Å². The molecule has 2 amide bonds. The van der Waals surface area contributed by atoms with E-state index in [1.807, 2.05) is 0 Å². The summed E-state index contributed by atoms with van der Waals surface area (Å²) in [5.74, 6) is -1.20. The highest BCUT2D eigenvalue weighted by Gasteiger charge is 2.37. The lowest BCUT2D eigenvalue weighted by Gasteiger charge is -2.37. The molecule has 3 rings (SSSR count). The number of nitrogens with zero attached hydrogens (tertiary/aromatic N) is 2. The van der Waals surface area contributed by atoms with Crippen LogP contribution in [0.1, 0.15) is 58.3 Å². The van der Waals surface area contributed by atoms with Crippen LogP contribution >= 0.6 is 0 Å². The predicted octanol–water partition coefficient (Wildman–Crippen LogP) is 3.16. The molecule has 2 aliphatic rings. The molecule has 1 N–H and O–H groups in total. The quantitative estimate of drug-likeness (QED) is 0.549. The van der Waals surface area contributed by atoms with Crippen LogP contribution in [0.15, 0.2) is 29.2 Å². The van der Waals surface area contributed by atoms with Crippen molar-refractivity contribution in [1.29, 1.82) is 0 Å². The molecule has 2 saturated heterocycles. The van der Waals surface area contributed by atoms with Gasteiger partial charge in [0.2, 0.25) is 21.8 Å². The highest BCUT2D eigenvalue weighted by molar-refractivity contribution is 7.89. The molecule has 2 unspecified atom stereocenters. The minimum absolute atomic E-state index is 0.00755. The monoisotopic (exact) mass is 481 g/mol. The van der Waals surface area contributed by atoms with E-state index in [1.54, 1.807) is 4.90 Å². The summed E-state index contributed by atoms with van der Waals surface area (Å²) in [4.78, 5) is 27.6. The van der Waals surface area contributed by atoms with E-state index in [4.69, 9.17) is 0 Å². The molecule has 0 spiro atoms. The van der Waals surface area contributed by atoms with E-state index >= 15 is 0 Å². The first-order valence-electron chi connectivity index (χ1n) is 12.1. The fourth-order valence-corrected chi connectivity index (χ4v) is 6.20. The zero-order valence-corrected chi connectivity index (χ0v) is 20.3. The molecule has 9 heteroatoms. The summed E-state index contributed by atoms with van der Waals surface area (Å²) in [6, 6.07) is 4.77. The third kappa shape index (κ3) is 6.76. The average Bonchev–Trinajstić information content (AvgIpc) is 2.83. The van der Waals surface area contributed by atoms with E-state index in [9.17, 15) is 22.4 Å². The van der Waals surface area contributed by atoms with Gasteiger partial charge in [-0.1, -0.05) is 26.2 Å². The number of carbonyl (C=O) groups excluding carboxylic acids is 2. The number of carbonyl (C=O) groups is 2. The molecule has 7 nitrogen and oxygen atoms in total. The van der Waals surface area contributed by atoms with Gasteiger partial charge in [-0.3, -0.25) is 9.59 Å². The molecule has 2 fully saturated rings. The fourth-order valence-electron chi connectivity index (χ4n) is 4.68. The van der Waals surface area contributed by atoms with E-state index in [2.05, 4.69) is 12.2 Å². The number of piperidine rings is 2. The standard InChI is InChI=1S/C24H36FN3O4S/c1-2-3-4-5-14-26-23(29)19-8-6-15-27(17-19)24(30)20-9-7-16-28(18-20)33(31,32)22-12-10-21(25)11-13-22/h10-13,19-20H,2-9,14-18H2,1H3,(H,26,29). The number of hydrogen-bond acceptors (Lipinski definition) is 4. The predicted molar refractivity (Wildman–Crippen MR) is 124 cm³/mol. The fraction of sp³-hybridized carbons (Fsp3) is 0.667. The summed E-state index contributed by atoms with van der Waals surface area (Å²) < 4.78 is 40.5. The Morgan fingerprint density at radius 1 is 1.00 bits per heavy atom. The van der Waals surface area contributed by atoms with Crippen molar-refractivity contribution in [3.63, 3.8) is 0 Å².